The molecule has 6 nitrogen and oxygen atoms in total. The van der Waals surface area contributed by atoms with Gasteiger partial charge in [0.15, 0.2) is 18.1 Å². The standard InChI is InChI=1S/C18H15FN2O4/c19-12-5-2-1-4-11(12)15(22)8-9-16(23)20-13-6-3-7-14-18(13)25-10-17(24)21-14/h1-7H,8-10H2,(H,20,23)(H,21,24). The molecule has 25 heavy (non-hydrogen) atoms. The Bertz CT molecular complexity index is 851. The number of rotatable bonds is 5. The fourth-order valence-corrected chi connectivity index (χ4v) is 2.48. The molecule has 0 aromatic heterocycles. The van der Waals surface area contributed by atoms with Crippen molar-refractivity contribution in [3.05, 3.63) is 53.8 Å². The minimum Gasteiger partial charge on any atom is -0.479 e. The normalized spacial score (nSPS) is 12.6. The van der Waals surface area contributed by atoms with Crippen molar-refractivity contribution in [2.45, 2.75) is 12.8 Å². The van der Waals surface area contributed by atoms with Gasteiger partial charge in [-0.25, -0.2) is 4.39 Å². The number of carbonyl (C=O) groups is 3. The molecule has 0 saturated heterocycles. The fourth-order valence-electron chi connectivity index (χ4n) is 2.48. The molecule has 0 radical (unpaired) electrons. The Balaban J connectivity index is 1.62. The van der Waals surface area contributed by atoms with Crippen molar-refractivity contribution in [2.75, 3.05) is 17.2 Å². The molecule has 0 bridgehead atoms. The summed E-state index contributed by atoms with van der Waals surface area (Å²) in [5.74, 6) is -1.35. The summed E-state index contributed by atoms with van der Waals surface area (Å²) in [6.07, 6.45) is -0.206. The largest absolute Gasteiger partial charge is 0.479 e. The molecule has 0 atom stereocenters. The van der Waals surface area contributed by atoms with Gasteiger partial charge in [-0.3, -0.25) is 14.4 Å². The van der Waals surface area contributed by atoms with E-state index in [4.69, 9.17) is 4.74 Å². The maximum absolute atomic E-state index is 13.6. The lowest BCUT2D eigenvalue weighted by Gasteiger charge is -2.20. The van der Waals surface area contributed by atoms with Crippen LogP contribution in [-0.4, -0.2) is 24.2 Å². The number of ether oxygens (including phenoxy) is 1. The van der Waals surface area contributed by atoms with Gasteiger partial charge in [0.05, 0.1) is 16.9 Å². The molecule has 1 aliphatic rings. The van der Waals surface area contributed by atoms with Crippen molar-refractivity contribution >= 4 is 29.0 Å². The zero-order valence-electron chi connectivity index (χ0n) is 13.2. The third-order valence-corrected chi connectivity index (χ3v) is 3.66. The van der Waals surface area contributed by atoms with E-state index in [-0.39, 0.29) is 30.9 Å². The van der Waals surface area contributed by atoms with E-state index in [0.717, 1.165) is 0 Å². The molecule has 0 unspecified atom stereocenters. The molecule has 0 fully saturated rings. The number of hydrogen-bond acceptors (Lipinski definition) is 4. The summed E-state index contributed by atoms with van der Waals surface area (Å²) in [7, 11) is 0. The van der Waals surface area contributed by atoms with Crippen molar-refractivity contribution < 1.29 is 23.5 Å². The summed E-state index contributed by atoms with van der Waals surface area (Å²) < 4.78 is 18.9. The van der Waals surface area contributed by atoms with Crippen LogP contribution in [0.1, 0.15) is 23.2 Å². The summed E-state index contributed by atoms with van der Waals surface area (Å²) in [6.45, 7) is -0.133. The van der Waals surface area contributed by atoms with Crippen molar-refractivity contribution in [3.8, 4) is 5.75 Å². The van der Waals surface area contributed by atoms with Gasteiger partial charge in [-0.2, -0.15) is 0 Å². The Kier molecular flexibility index (Phi) is 4.74. The molecular formula is C18H15FN2O4. The van der Waals surface area contributed by atoms with Crippen molar-refractivity contribution in [1.29, 1.82) is 0 Å². The van der Waals surface area contributed by atoms with E-state index in [1.165, 1.54) is 18.2 Å². The summed E-state index contributed by atoms with van der Waals surface area (Å²) in [5, 5.41) is 5.29. The van der Waals surface area contributed by atoms with Gasteiger partial charge >= 0.3 is 0 Å². The van der Waals surface area contributed by atoms with Gasteiger partial charge < -0.3 is 15.4 Å². The Morgan fingerprint density at radius 1 is 1.12 bits per heavy atom. The second kappa shape index (κ2) is 7.12. The Morgan fingerprint density at radius 3 is 2.72 bits per heavy atom. The molecule has 0 saturated carbocycles. The van der Waals surface area contributed by atoms with Crippen LogP contribution < -0.4 is 15.4 Å². The Labute approximate surface area is 143 Å². The Morgan fingerprint density at radius 2 is 1.92 bits per heavy atom. The number of ketones is 1. The summed E-state index contributed by atoms with van der Waals surface area (Å²) in [6, 6.07) is 10.6. The minimum absolute atomic E-state index is 0.0292. The average molecular weight is 342 g/mol. The molecule has 2 aromatic rings. The highest BCUT2D eigenvalue weighted by molar-refractivity contribution is 6.02. The van der Waals surface area contributed by atoms with Crippen molar-refractivity contribution in [2.24, 2.45) is 0 Å². The van der Waals surface area contributed by atoms with Gasteiger partial charge in [-0.05, 0) is 24.3 Å². The van der Waals surface area contributed by atoms with Crippen LogP contribution in [0.3, 0.4) is 0 Å². The molecule has 3 rings (SSSR count). The van der Waals surface area contributed by atoms with Crippen molar-refractivity contribution in [1.82, 2.24) is 0 Å². The second-order valence-electron chi connectivity index (χ2n) is 5.47. The monoisotopic (exact) mass is 342 g/mol. The molecule has 128 valence electrons. The van der Waals surface area contributed by atoms with Gasteiger partial charge in [-0.15, -0.1) is 0 Å². The number of anilines is 2. The smallest absolute Gasteiger partial charge is 0.262 e. The van der Waals surface area contributed by atoms with E-state index < -0.39 is 17.5 Å². The van der Waals surface area contributed by atoms with E-state index in [2.05, 4.69) is 10.6 Å². The van der Waals surface area contributed by atoms with Crippen LogP contribution >= 0.6 is 0 Å². The predicted octanol–water partition coefficient (Wildman–Crippen LogP) is 2.76. The highest BCUT2D eigenvalue weighted by atomic mass is 19.1. The van der Waals surface area contributed by atoms with Gasteiger partial charge in [0.25, 0.3) is 5.91 Å². The van der Waals surface area contributed by atoms with Gasteiger partial charge in [0, 0.05) is 12.8 Å². The molecule has 2 amide bonds. The summed E-state index contributed by atoms with van der Waals surface area (Å²) >= 11 is 0. The predicted molar refractivity (Wildman–Crippen MR) is 89.2 cm³/mol. The van der Waals surface area contributed by atoms with Crippen LogP contribution in [0.2, 0.25) is 0 Å². The zero-order valence-corrected chi connectivity index (χ0v) is 13.2. The zero-order chi connectivity index (χ0) is 17.8. The van der Waals surface area contributed by atoms with Gasteiger partial charge in [0.1, 0.15) is 5.82 Å². The molecule has 0 aliphatic carbocycles. The SMILES string of the molecule is O=C(CCC(=O)c1ccccc1F)Nc1cccc2c1OCC(=O)N2. The third-order valence-electron chi connectivity index (χ3n) is 3.66. The van der Waals surface area contributed by atoms with Gasteiger partial charge in [-0.1, -0.05) is 18.2 Å². The second-order valence-corrected chi connectivity index (χ2v) is 5.47. The number of amides is 2. The van der Waals surface area contributed by atoms with Crippen molar-refractivity contribution in [3.63, 3.8) is 0 Å². The molecule has 0 spiro atoms. The quantitative estimate of drug-likeness (QED) is 0.818. The average Bonchev–Trinajstić information content (AvgIpc) is 2.60. The highest BCUT2D eigenvalue weighted by Gasteiger charge is 2.20. The lowest BCUT2D eigenvalue weighted by Crippen LogP contribution is -2.26. The van der Waals surface area contributed by atoms with Gasteiger partial charge in [0.2, 0.25) is 5.91 Å². The third kappa shape index (κ3) is 3.82. The van der Waals surface area contributed by atoms with Crippen LogP contribution in [0, 0.1) is 5.82 Å². The maximum atomic E-state index is 13.6. The number of carbonyl (C=O) groups excluding carboxylic acids is 3. The van der Waals surface area contributed by atoms with Crippen LogP contribution in [-0.2, 0) is 9.59 Å². The summed E-state index contributed by atoms with van der Waals surface area (Å²) in [5.41, 5.74) is 0.843. The fraction of sp³-hybridized carbons (Fsp3) is 0.167. The number of nitrogens with one attached hydrogen (secondary N) is 2. The minimum atomic E-state index is -0.603. The number of benzene rings is 2. The van der Waals surface area contributed by atoms with Crippen LogP contribution in [0.4, 0.5) is 15.8 Å². The van der Waals surface area contributed by atoms with E-state index >= 15 is 0 Å². The van der Waals surface area contributed by atoms with E-state index in [1.54, 1.807) is 24.3 Å². The van der Waals surface area contributed by atoms with E-state index in [0.29, 0.717) is 17.1 Å². The number of para-hydroxylation sites is 1. The number of halogens is 1. The first-order chi connectivity index (χ1) is 12.0. The molecule has 7 heteroatoms. The molecule has 2 N–H and O–H groups in total. The lowest BCUT2D eigenvalue weighted by molar-refractivity contribution is -0.118. The summed E-state index contributed by atoms with van der Waals surface area (Å²) in [4.78, 5) is 35.4. The van der Waals surface area contributed by atoms with Crippen LogP contribution in [0.15, 0.2) is 42.5 Å². The number of hydrogen-bond donors (Lipinski definition) is 2. The lowest BCUT2D eigenvalue weighted by atomic mass is 10.1. The van der Waals surface area contributed by atoms with E-state index in [1.807, 2.05) is 0 Å². The Hall–Kier alpha value is -3.22. The number of Topliss-reactive ketones (excluding diaryl/α,β-unsaturated/α-hetero) is 1. The first-order valence-electron chi connectivity index (χ1n) is 7.68. The molecule has 1 aliphatic heterocycles. The maximum Gasteiger partial charge on any atom is 0.262 e. The van der Waals surface area contributed by atoms with Crippen LogP contribution in [0.5, 0.6) is 5.75 Å². The highest BCUT2D eigenvalue weighted by Crippen LogP contribution is 2.35. The first-order valence-corrected chi connectivity index (χ1v) is 7.68. The molecular weight excluding hydrogens is 327 g/mol. The first kappa shape index (κ1) is 16.6. The molecule has 1 heterocycles. The topological polar surface area (TPSA) is 84.5 Å². The molecule has 2 aromatic carbocycles. The van der Waals surface area contributed by atoms with E-state index in [9.17, 15) is 18.8 Å². The number of fused-ring (bicyclic) bond motifs is 1. The van der Waals surface area contributed by atoms with Crippen LogP contribution in [0.25, 0.3) is 0 Å².